The summed E-state index contributed by atoms with van der Waals surface area (Å²) in [5.41, 5.74) is 1.20. The molecule has 1 N–H and O–H groups in total. The van der Waals surface area contributed by atoms with E-state index in [0.29, 0.717) is 56.3 Å². The number of likely N-dealkylation sites (tertiary alicyclic amines) is 1. The largest absolute Gasteiger partial charge is 0.486 e. The molecule has 2 aromatic carbocycles. The highest BCUT2D eigenvalue weighted by Gasteiger charge is 2.46. The van der Waals surface area contributed by atoms with Gasteiger partial charge in [-0.25, -0.2) is 0 Å². The van der Waals surface area contributed by atoms with Crippen LogP contribution in [0, 0.1) is 5.92 Å². The molecule has 4 aliphatic rings. The molecule has 0 unspecified atom stereocenters. The fourth-order valence-corrected chi connectivity index (χ4v) is 5.81. The van der Waals surface area contributed by atoms with Crippen molar-refractivity contribution < 1.29 is 28.5 Å². The Morgan fingerprint density at radius 2 is 1.49 bits per heavy atom. The Balaban J connectivity index is 1.12. The molecule has 0 spiro atoms. The molecule has 184 valence electrons. The number of hydrogen-bond acceptors (Lipinski definition) is 6. The number of amides is 2. The lowest BCUT2D eigenvalue weighted by atomic mass is 9.76. The van der Waals surface area contributed by atoms with Crippen molar-refractivity contribution in [2.45, 2.75) is 43.9 Å². The Morgan fingerprint density at radius 3 is 2.29 bits per heavy atom. The molecule has 35 heavy (non-hydrogen) atoms. The topological polar surface area (TPSA) is 86.3 Å². The highest BCUT2D eigenvalue weighted by Crippen LogP contribution is 2.46. The van der Waals surface area contributed by atoms with Crippen LogP contribution in [0.25, 0.3) is 0 Å². The van der Waals surface area contributed by atoms with E-state index in [1.54, 1.807) is 12.1 Å². The van der Waals surface area contributed by atoms with Crippen molar-refractivity contribution >= 4 is 17.5 Å². The zero-order chi connectivity index (χ0) is 23.8. The predicted octanol–water partition coefficient (Wildman–Crippen LogP) is 3.88. The molecule has 1 saturated carbocycles. The third-order valence-corrected chi connectivity index (χ3v) is 7.75. The van der Waals surface area contributed by atoms with E-state index >= 15 is 0 Å². The van der Waals surface area contributed by atoms with Crippen LogP contribution in [0.5, 0.6) is 23.0 Å². The first-order valence-corrected chi connectivity index (χ1v) is 12.5. The van der Waals surface area contributed by atoms with Gasteiger partial charge in [-0.15, -0.1) is 0 Å². The van der Waals surface area contributed by atoms with Crippen LogP contribution >= 0.6 is 0 Å². The molecule has 1 aliphatic carbocycles. The van der Waals surface area contributed by atoms with Crippen molar-refractivity contribution in [2.75, 3.05) is 38.4 Å². The molecular formula is C27H30N2O6. The zero-order valence-corrected chi connectivity index (χ0v) is 19.7. The second-order valence-electron chi connectivity index (χ2n) is 9.77. The molecule has 3 heterocycles. The first-order chi connectivity index (χ1) is 17.1. The number of carbonyl (C=O) groups excluding carboxylic acids is 2. The van der Waals surface area contributed by atoms with Crippen LogP contribution in [0.3, 0.4) is 0 Å². The van der Waals surface area contributed by atoms with Crippen molar-refractivity contribution in [2.24, 2.45) is 5.92 Å². The summed E-state index contributed by atoms with van der Waals surface area (Å²) in [6.07, 6.45) is 5.06. The first-order valence-electron chi connectivity index (χ1n) is 12.5. The van der Waals surface area contributed by atoms with Gasteiger partial charge in [-0.1, -0.05) is 18.9 Å². The lowest BCUT2D eigenvalue weighted by Crippen LogP contribution is -2.49. The molecule has 0 aromatic heterocycles. The van der Waals surface area contributed by atoms with E-state index in [1.807, 2.05) is 29.2 Å². The normalized spacial score (nSPS) is 20.5. The second-order valence-corrected chi connectivity index (χ2v) is 9.77. The molecular weight excluding hydrogens is 448 g/mol. The SMILES string of the molecule is O=C(Nc1ccc2c(c1)OCO2)C1CCN(C(=O)C2(c3ccc4c(c3)OCCO4)CCCC2)CC1. The van der Waals surface area contributed by atoms with Gasteiger partial charge in [-0.05, 0) is 55.5 Å². The number of nitrogens with one attached hydrogen (secondary N) is 1. The van der Waals surface area contributed by atoms with Crippen molar-refractivity contribution in [3.8, 4) is 23.0 Å². The summed E-state index contributed by atoms with van der Waals surface area (Å²) in [5, 5.41) is 3.00. The van der Waals surface area contributed by atoms with E-state index in [2.05, 4.69) is 5.32 Å². The van der Waals surface area contributed by atoms with Gasteiger partial charge in [-0.2, -0.15) is 0 Å². The van der Waals surface area contributed by atoms with Gasteiger partial charge in [0.1, 0.15) is 13.2 Å². The monoisotopic (exact) mass is 478 g/mol. The Labute approximate surface area is 204 Å². The molecule has 8 heteroatoms. The molecule has 6 rings (SSSR count). The molecule has 1 saturated heterocycles. The maximum Gasteiger partial charge on any atom is 0.233 e. The van der Waals surface area contributed by atoms with Crippen LogP contribution in [0.4, 0.5) is 5.69 Å². The number of hydrogen-bond donors (Lipinski definition) is 1. The standard InChI is InChI=1S/C27H30N2O6/c30-25(28-20-4-6-22-24(16-20)35-17-34-22)18-7-11-29(12-8-18)26(31)27(9-1-2-10-27)19-3-5-21-23(15-19)33-14-13-32-21/h3-6,15-16,18H,1-2,7-14,17H2,(H,28,30). The smallest absolute Gasteiger partial charge is 0.233 e. The van der Waals surface area contributed by atoms with E-state index in [4.69, 9.17) is 18.9 Å². The number of fused-ring (bicyclic) bond motifs is 2. The van der Waals surface area contributed by atoms with Crippen molar-refractivity contribution in [3.63, 3.8) is 0 Å². The average molecular weight is 479 g/mol. The summed E-state index contributed by atoms with van der Waals surface area (Å²) in [4.78, 5) is 28.8. The fraction of sp³-hybridized carbons (Fsp3) is 0.481. The van der Waals surface area contributed by atoms with Gasteiger partial charge in [0.15, 0.2) is 23.0 Å². The minimum absolute atomic E-state index is 0.0154. The molecule has 2 aromatic rings. The zero-order valence-electron chi connectivity index (χ0n) is 19.7. The van der Waals surface area contributed by atoms with Gasteiger partial charge < -0.3 is 29.2 Å². The lowest BCUT2D eigenvalue weighted by molar-refractivity contribution is -0.140. The molecule has 0 radical (unpaired) electrons. The van der Waals surface area contributed by atoms with E-state index in [0.717, 1.165) is 42.7 Å². The Hall–Kier alpha value is -3.42. The number of nitrogens with zero attached hydrogens (tertiary/aromatic N) is 1. The first kappa shape index (κ1) is 22.1. The van der Waals surface area contributed by atoms with Gasteiger partial charge in [0.25, 0.3) is 0 Å². The molecule has 3 aliphatic heterocycles. The number of benzene rings is 2. The number of carbonyl (C=O) groups is 2. The Kier molecular flexibility index (Phi) is 5.66. The van der Waals surface area contributed by atoms with Crippen molar-refractivity contribution in [3.05, 3.63) is 42.0 Å². The molecule has 2 amide bonds. The summed E-state index contributed by atoms with van der Waals surface area (Å²) < 4.78 is 22.2. The lowest BCUT2D eigenvalue weighted by Gasteiger charge is -2.38. The minimum atomic E-state index is -0.516. The minimum Gasteiger partial charge on any atom is -0.486 e. The summed E-state index contributed by atoms with van der Waals surface area (Å²) >= 11 is 0. The van der Waals surface area contributed by atoms with E-state index in [1.165, 1.54) is 0 Å². The molecule has 0 atom stereocenters. The van der Waals surface area contributed by atoms with Gasteiger partial charge in [0, 0.05) is 30.8 Å². The van der Waals surface area contributed by atoms with Gasteiger partial charge in [-0.3, -0.25) is 9.59 Å². The number of piperidine rings is 1. The van der Waals surface area contributed by atoms with Crippen LogP contribution in [0.2, 0.25) is 0 Å². The van der Waals surface area contributed by atoms with E-state index in [9.17, 15) is 9.59 Å². The molecule has 0 bridgehead atoms. The van der Waals surface area contributed by atoms with Crippen LogP contribution < -0.4 is 24.3 Å². The van der Waals surface area contributed by atoms with Crippen molar-refractivity contribution in [1.82, 2.24) is 4.90 Å². The maximum absolute atomic E-state index is 13.9. The second kappa shape index (κ2) is 8.98. The number of rotatable bonds is 4. The van der Waals surface area contributed by atoms with Crippen LogP contribution in [0.15, 0.2) is 36.4 Å². The van der Waals surface area contributed by atoms with Crippen LogP contribution in [0.1, 0.15) is 44.1 Å². The molecule has 2 fully saturated rings. The summed E-state index contributed by atoms with van der Waals surface area (Å²) in [7, 11) is 0. The summed E-state index contributed by atoms with van der Waals surface area (Å²) in [6, 6.07) is 11.4. The predicted molar refractivity (Wildman–Crippen MR) is 128 cm³/mol. The Bertz CT molecular complexity index is 1130. The highest BCUT2D eigenvalue weighted by atomic mass is 16.7. The average Bonchev–Trinajstić information content (AvgIpc) is 3.58. The van der Waals surface area contributed by atoms with Crippen molar-refractivity contribution in [1.29, 1.82) is 0 Å². The van der Waals surface area contributed by atoms with Gasteiger partial charge >= 0.3 is 0 Å². The highest BCUT2D eigenvalue weighted by molar-refractivity contribution is 5.93. The summed E-state index contributed by atoms with van der Waals surface area (Å²) in [6.45, 7) is 2.45. The van der Waals surface area contributed by atoms with Crippen LogP contribution in [-0.2, 0) is 15.0 Å². The fourth-order valence-electron chi connectivity index (χ4n) is 5.81. The third kappa shape index (κ3) is 4.05. The third-order valence-electron chi connectivity index (χ3n) is 7.75. The summed E-state index contributed by atoms with van der Waals surface area (Å²) in [5.74, 6) is 2.84. The van der Waals surface area contributed by atoms with E-state index < -0.39 is 5.41 Å². The maximum atomic E-state index is 13.9. The van der Waals surface area contributed by atoms with Gasteiger partial charge in [0.05, 0.1) is 5.41 Å². The quantitative estimate of drug-likeness (QED) is 0.718. The van der Waals surface area contributed by atoms with Crippen LogP contribution in [-0.4, -0.2) is 49.8 Å². The number of anilines is 1. The van der Waals surface area contributed by atoms with Gasteiger partial charge in [0.2, 0.25) is 18.6 Å². The number of ether oxygens (including phenoxy) is 4. The Morgan fingerprint density at radius 1 is 0.829 bits per heavy atom. The van der Waals surface area contributed by atoms with E-state index in [-0.39, 0.29) is 24.5 Å². The molecule has 8 nitrogen and oxygen atoms in total.